The Morgan fingerprint density at radius 2 is 1.27 bits per heavy atom. The zero-order chi connectivity index (χ0) is 16.6. The van der Waals surface area contributed by atoms with Gasteiger partial charge >= 0.3 is 12.4 Å². The highest BCUT2D eigenvalue weighted by Crippen LogP contribution is 2.47. The summed E-state index contributed by atoms with van der Waals surface area (Å²) in [4.78, 5) is 3.51. The van der Waals surface area contributed by atoms with Crippen LogP contribution in [0.15, 0.2) is 48.8 Å². The van der Waals surface area contributed by atoms with Gasteiger partial charge in [0.2, 0.25) is 5.60 Å². The van der Waals surface area contributed by atoms with Crippen molar-refractivity contribution in [3.63, 3.8) is 0 Å². The minimum absolute atomic E-state index is 0.493. The van der Waals surface area contributed by atoms with E-state index in [2.05, 4.69) is 4.98 Å². The summed E-state index contributed by atoms with van der Waals surface area (Å²) in [5.41, 5.74) is -7.36. The quantitative estimate of drug-likeness (QED) is 0.851. The number of benzene rings is 1. The second kappa shape index (κ2) is 5.28. The number of halogens is 6. The molecule has 0 aliphatic heterocycles. The van der Waals surface area contributed by atoms with E-state index in [9.17, 15) is 31.4 Å². The number of nitrogens with zero attached hydrogens (tertiary/aromatic N) is 1. The largest absolute Gasteiger partial charge is 0.425 e. The lowest BCUT2D eigenvalue weighted by molar-refractivity contribution is -0.250. The van der Waals surface area contributed by atoms with E-state index in [0.29, 0.717) is 12.1 Å². The molecule has 0 aliphatic carbocycles. The van der Waals surface area contributed by atoms with Gasteiger partial charge < -0.3 is 5.11 Å². The molecular weight excluding hydrogens is 312 g/mol. The van der Waals surface area contributed by atoms with E-state index in [-0.39, 0.29) is 0 Å². The number of hydrogen-bond acceptors (Lipinski definition) is 2. The van der Waals surface area contributed by atoms with E-state index in [1.165, 1.54) is 0 Å². The molecule has 0 amide bonds. The molecule has 1 atom stereocenters. The standard InChI is InChI=1S/C14H9F6NO/c15-13(16,17)11-4-2-1-3-10(11)12(22,14(18,19)20)9-5-7-21-8-6-9/h1-8,22H. The Labute approximate surface area is 121 Å². The molecule has 0 spiro atoms. The lowest BCUT2D eigenvalue weighted by atomic mass is 9.83. The molecule has 1 aromatic heterocycles. The van der Waals surface area contributed by atoms with Crippen LogP contribution >= 0.6 is 0 Å². The Kier molecular flexibility index (Phi) is 3.90. The van der Waals surface area contributed by atoms with Crippen molar-refractivity contribution in [1.29, 1.82) is 0 Å². The molecule has 8 heteroatoms. The minimum atomic E-state index is -5.35. The van der Waals surface area contributed by atoms with Crippen molar-refractivity contribution >= 4 is 0 Å². The van der Waals surface area contributed by atoms with Crippen LogP contribution in [0.5, 0.6) is 0 Å². The Balaban J connectivity index is 2.79. The van der Waals surface area contributed by atoms with Gasteiger partial charge in [-0.3, -0.25) is 4.98 Å². The van der Waals surface area contributed by atoms with Gasteiger partial charge in [0.25, 0.3) is 0 Å². The summed E-state index contributed by atoms with van der Waals surface area (Å²) in [6, 6.07) is 4.70. The van der Waals surface area contributed by atoms with Gasteiger partial charge in [-0.15, -0.1) is 0 Å². The molecule has 2 rings (SSSR count). The minimum Gasteiger partial charge on any atom is -0.372 e. The third-order valence-corrected chi connectivity index (χ3v) is 3.13. The van der Waals surface area contributed by atoms with Crippen molar-refractivity contribution < 1.29 is 31.4 Å². The molecule has 0 bridgehead atoms. The number of rotatable bonds is 2. The van der Waals surface area contributed by atoms with Crippen LogP contribution in [0, 0.1) is 0 Å². The maximum absolute atomic E-state index is 13.4. The lowest BCUT2D eigenvalue weighted by Gasteiger charge is -2.33. The molecule has 1 heterocycles. The van der Waals surface area contributed by atoms with Crippen LogP contribution in [-0.4, -0.2) is 16.3 Å². The van der Waals surface area contributed by atoms with Gasteiger partial charge in [-0.25, -0.2) is 0 Å². The molecule has 0 saturated carbocycles. The number of alkyl halides is 6. The first-order valence-electron chi connectivity index (χ1n) is 5.95. The predicted molar refractivity (Wildman–Crippen MR) is 64.7 cm³/mol. The summed E-state index contributed by atoms with van der Waals surface area (Å²) in [5.74, 6) is 0. The molecule has 0 fully saturated rings. The van der Waals surface area contributed by atoms with Gasteiger partial charge in [-0.2, -0.15) is 26.3 Å². The van der Waals surface area contributed by atoms with Gasteiger partial charge in [-0.05, 0) is 18.2 Å². The van der Waals surface area contributed by atoms with Crippen molar-refractivity contribution in [2.75, 3.05) is 0 Å². The summed E-state index contributed by atoms with van der Waals surface area (Å²) in [6.45, 7) is 0. The topological polar surface area (TPSA) is 33.1 Å². The van der Waals surface area contributed by atoms with Crippen LogP contribution in [0.4, 0.5) is 26.3 Å². The van der Waals surface area contributed by atoms with Crippen LogP contribution in [0.2, 0.25) is 0 Å². The van der Waals surface area contributed by atoms with Crippen LogP contribution < -0.4 is 0 Å². The Morgan fingerprint density at radius 1 is 0.773 bits per heavy atom. The molecule has 2 nitrogen and oxygen atoms in total. The average molecular weight is 321 g/mol. The number of hydrogen-bond donors (Lipinski definition) is 1. The molecule has 0 aliphatic rings. The Bertz CT molecular complexity index is 652. The van der Waals surface area contributed by atoms with Crippen LogP contribution in [0.1, 0.15) is 16.7 Å². The van der Waals surface area contributed by atoms with E-state index in [4.69, 9.17) is 0 Å². The summed E-state index contributed by atoms with van der Waals surface area (Å²) >= 11 is 0. The molecule has 22 heavy (non-hydrogen) atoms. The molecule has 1 unspecified atom stereocenters. The van der Waals surface area contributed by atoms with Crippen molar-refractivity contribution in [1.82, 2.24) is 4.98 Å². The molecule has 118 valence electrons. The predicted octanol–water partition coefficient (Wildman–Crippen LogP) is 3.90. The second-order valence-corrected chi connectivity index (χ2v) is 4.49. The highest BCUT2D eigenvalue weighted by molar-refractivity contribution is 5.43. The van der Waals surface area contributed by atoms with Gasteiger partial charge in [0, 0.05) is 23.5 Å². The third kappa shape index (κ3) is 2.66. The normalized spacial score (nSPS) is 15.4. The summed E-state index contributed by atoms with van der Waals surface area (Å²) in [6.07, 6.45) is -8.47. The zero-order valence-corrected chi connectivity index (χ0v) is 10.8. The highest BCUT2D eigenvalue weighted by atomic mass is 19.4. The Hall–Kier alpha value is -2.09. The van der Waals surface area contributed by atoms with Crippen molar-refractivity contribution in [2.45, 2.75) is 18.0 Å². The fourth-order valence-corrected chi connectivity index (χ4v) is 2.11. The summed E-state index contributed by atoms with van der Waals surface area (Å²) in [7, 11) is 0. The first kappa shape index (κ1) is 16.3. The summed E-state index contributed by atoms with van der Waals surface area (Å²) < 4.78 is 79.2. The molecular formula is C14H9F6NO. The van der Waals surface area contributed by atoms with E-state index in [1.807, 2.05) is 0 Å². The second-order valence-electron chi connectivity index (χ2n) is 4.49. The van der Waals surface area contributed by atoms with Gasteiger partial charge in [0.1, 0.15) is 0 Å². The summed E-state index contributed by atoms with van der Waals surface area (Å²) in [5, 5.41) is 10.2. The zero-order valence-electron chi connectivity index (χ0n) is 10.8. The number of pyridine rings is 1. The van der Waals surface area contributed by atoms with Crippen molar-refractivity contribution in [3.05, 3.63) is 65.5 Å². The maximum atomic E-state index is 13.4. The molecule has 0 saturated heterocycles. The van der Waals surface area contributed by atoms with E-state index in [1.54, 1.807) is 0 Å². The monoisotopic (exact) mass is 321 g/mol. The van der Waals surface area contributed by atoms with E-state index in [0.717, 1.165) is 36.7 Å². The van der Waals surface area contributed by atoms with Gasteiger partial charge in [0.05, 0.1) is 5.56 Å². The van der Waals surface area contributed by atoms with Crippen molar-refractivity contribution in [2.24, 2.45) is 0 Å². The van der Waals surface area contributed by atoms with Gasteiger partial charge in [0.15, 0.2) is 0 Å². The first-order valence-corrected chi connectivity index (χ1v) is 5.95. The van der Waals surface area contributed by atoms with Crippen LogP contribution in [0.3, 0.4) is 0 Å². The van der Waals surface area contributed by atoms with Crippen LogP contribution in [0.25, 0.3) is 0 Å². The Morgan fingerprint density at radius 3 is 1.73 bits per heavy atom. The van der Waals surface area contributed by atoms with E-state index < -0.39 is 34.6 Å². The molecule has 1 N–H and O–H groups in total. The number of aliphatic hydroxyl groups is 1. The van der Waals surface area contributed by atoms with Gasteiger partial charge in [-0.1, -0.05) is 18.2 Å². The smallest absolute Gasteiger partial charge is 0.372 e. The lowest BCUT2D eigenvalue weighted by Crippen LogP contribution is -2.44. The fourth-order valence-electron chi connectivity index (χ4n) is 2.11. The molecule has 0 radical (unpaired) electrons. The highest BCUT2D eigenvalue weighted by Gasteiger charge is 2.58. The third-order valence-electron chi connectivity index (χ3n) is 3.13. The average Bonchev–Trinajstić information content (AvgIpc) is 2.45. The number of aromatic nitrogens is 1. The maximum Gasteiger partial charge on any atom is 0.425 e. The molecule has 2 aromatic rings. The van der Waals surface area contributed by atoms with E-state index >= 15 is 0 Å². The molecule has 1 aromatic carbocycles. The SMILES string of the molecule is OC(c1ccncc1)(c1ccccc1C(F)(F)F)C(F)(F)F. The first-order chi connectivity index (χ1) is 10.1. The van der Waals surface area contributed by atoms with Crippen molar-refractivity contribution in [3.8, 4) is 0 Å². The van der Waals surface area contributed by atoms with Crippen LogP contribution in [-0.2, 0) is 11.8 Å². The fraction of sp³-hybridized carbons (Fsp3) is 0.214.